The van der Waals surface area contributed by atoms with Gasteiger partial charge in [-0.05, 0) is 17.9 Å². The number of benzene rings is 1. The first-order chi connectivity index (χ1) is 12.9. The molecule has 1 unspecified atom stereocenters. The van der Waals surface area contributed by atoms with Gasteiger partial charge < -0.3 is 9.42 Å². The normalized spacial score (nSPS) is 18.8. The Balaban J connectivity index is 1.56. The van der Waals surface area contributed by atoms with Gasteiger partial charge in [-0.1, -0.05) is 49.3 Å². The Bertz CT molecular complexity index is 971. The maximum absolute atomic E-state index is 13.0. The van der Waals surface area contributed by atoms with Gasteiger partial charge in [0.05, 0.1) is 11.8 Å². The molecule has 1 aromatic carbocycles. The van der Waals surface area contributed by atoms with Crippen LogP contribution in [0.2, 0.25) is 0 Å². The van der Waals surface area contributed by atoms with E-state index in [4.69, 9.17) is 4.52 Å². The quantitative estimate of drug-likeness (QED) is 0.712. The van der Waals surface area contributed by atoms with E-state index in [1.807, 2.05) is 24.9 Å². The van der Waals surface area contributed by atoms with Gasteiger partial charge in [-0.3, -0.25) is 9.48 Å². The van der Waals surface area contributed by atoms with E-state index in [2.05, 4.69) is 48.4 Å². The lowest BCUT2D eigenvalue weighted by molar-refractivity contribution is 0.0767. The number of hydrogen-bond acceptors (Lipinski definition) is 4. The van der Waals surface area contributed by atoms with Gasteiger partial charge in [-0.25, -0.2) is 0 Å². The Kier molecular flexibility index (Phi) is 4.13. The van der Waals surface area contributed by atoms with Crippen molar-refractivity contribution >= 4 is 5.91 Å². The molecule has 3 heterocycles. The fourth-order valence-corrected chi connectivity index (χ4v) is 3.94. The summed E-state index contributed by atoms with van der Waals surface area (Å²) in [5, 5.41) is 8.25. The Labute approximate surface area is 158 Å². The van der Waals surface area contributed by atoms with E-state index in [-0.39, 0.29) is 11.3 Å². The molecule has 0 saturated carbocycles. The first kappa shape index (κ1) is 17.5. The molecule has 0 spiro atoms. The van der Waals surface area contributed by atoms with Crippen molar-refractivity contribution in [3.63, 3.8) is 0 Å². The highest BCUT2D eigenvalue weighted by Crippen LogP contribution is 2.42. The number of aryl methyl sites for hydroxylation is 1. The zero-order valence-corrected chi connectivity index (χ0v) is 16.1. The van der Waals surface area contributed by atoms with Crippen LogP contribution < -0.4 is 0 Å². The maximum atomic E-state index is 13.0. The number of carbonyl (C=O) groups is 1. The highest BCUT2D eigenvalue weighted by atomic mass is 16.5. The van der Waals surface area contributed by atoms with Crippen LogP contribution in [0.25, 0.3) is 11.3 Å². The van der Waals surface area contributed by atoms with Gasteiger partial charge in [0.25, 0.3) is 5.91 Å². The molecule has 2 aromatic heterocycles. The Morgan fingerprint density at radius 1 is 1.26 bits per heavy atom. The minimum atomic E-state index is -0.0851. The number of rotatable bonds is 3. The van der Waals surface area contributed by atoms with Crippen LogP contribution in [0.4, 0.5) is 0 Å². The maximum Gasteiger partial charge on any atom is 0.276 e. The summed E-state index contributed by atoms with van der Waals surface area (Å²) < 4.78 is 7.21. The van der Waals surface area contributed by atoms with Crippen molar-refractivity contribution in [3.8, 4) is 11.3 Å². The topological polar surface area (TPSA) is 64.2 Å². The smallest absolute Gasteiger partial charge is 0.276 e. The van der Waals surface area contributed by atoms with Crippen LogP contribution in [-0.2, 0) is 7.05 Å². The second-order valence-corrected chi connectivity index (χ2v) is 7.98. The molecule has 1 aliphatic rings. The third kappa shape index (κ3) is 3.05. The molecule has 0 radical (unpaired) electrons. The van der Waals surface area contributed by atoms with Crippen LogP contribution in [0.3, 0.4) is 0 Å². The number of amides is 1. The number of aromatic nitrogens is 3. The van der Waals surface area contributed by atoms with E-state index in [0.717, 1.165) is 11.3 Å². The molecule has 1 aliphatic heterocycles. The number of hydrogen-bond donors (Lipinski definition) is 0. The van der Waals surface area contributed by atoms with E-state index in [0.29, 0.717) is 30.5 Å². The molecule has 1 saturated heterocycles. The fourth-order valence-electron chi connectivity index (χ4n) is 3.94. The lowest BCUT2D eigenvalue weighted by Gasteiger charge is -2.25. The number of carbonyl (C=O) groups excluding carboxylic acids is 1. The van der Waals surface area contributed by atoms with Gasteiger partial charge in [0.15, 0.2) is 11.5 Å². The van der Waals surface area contributed by atoms with E-state index in [1.165, 1.54) is 5.56 Å². The summed E-state index contributed by atoms with van der Waals surface area (Å²) in [7, 11) is 1.87. The third-order valence-electron chi connectivity index (χ3n) is 5.66. The molecular formula is C21H24N4O2. The van der Waals surface area contributed by atoms with Crippen LogP contribution in [0.1, 0.15) is 41.5 Å². The fraction of sp³-hybridized carbons (Fsp3) is 0.381. The highest BCUT2D eigenvalue weighted by molar-refractivity contribution is 5.93. The lowest BCUT2D eigenvalue weighted by atomic mass is 9.78. The first-order valence-corrected chi connectivity index (χ1v) is 9.17. The lowest BCUT2D eigenvalue weighted by Crippen LogP contribution is -2.30. The third-order valence-corrected chi connectivity index (χ3v) is 5.66. The predicted molar refractivity (Wildman–Crippen MR) is 102 cm³/mol. The molecule has 0 N–H and O–H groups in total. The minimum absolute atomic E-state index is 0.00349. The molecule has 1 amide bonds. The number of likely N-dealkylation sites (tertiary alicyclic amines) is 1. The van der Waals surface area contributed by atoms with E-state index in [9.17, 15) is 4.79 Å². The molecule has 6 heteroatoms. The van der Waals surface area contributed by atoms with E-state index >= 15 is 0 Å². The van der Waals surface area contributed by atoms with Crippen LogP contribution in [0.15, 0.2) is 47.1 Å². The van der Waals surface area contributed by atoms with E-state index in [1.54, 1.807) is 16.9 Å². The molecule has 3 aromatic rings. The molecule has 4 rings (SSSR count). The van der Waals surface area contributed by atoms with Crippen molar-refractivity contribution < 1.29 is 9.32 Å². The summed E-state index contributed by atoms with van der Waals surface area (Å²) in [6, 6.07) is 12.1. The minimum Gasteiger partial charge on any atom is -0.355 e. The first-order valence-electron chi connectivity index (χ1n) is 9.17. The summed E-state index contributed by atoms with van der Waals surface area (Å²) in [4.78, 5) is 14.9. The average molecular weight is 364 g/mol. The van der Waals surface area contributed by atoms with Gasteiger partial charge in [0.1, 0.15) is 0 Å². The van der Waals surface area contributed by atoms with Gasteiger partial charge in [-0.15, -0.1) is 0 Å². The Morgan fingerprint density at radius 2 is 2.00 bits per heavy atom. The summed E-state index contributed by atoms with van der Waals surface area (Å²) in [6.07, 6.45) is 1.73. The monoisotopic (exact) mass is 364 g/mol. The van der Waals surface area contributed by atoms with E-state index < -0.39 is 0 Å². The average Bonchev–Trinajstić information content (AvgIpc) is 3.34. The van der Waals surface area contributed by atoms with Crippen molar-refractivity contribution in [1.29, 1.82) is 0 Å². The molecule has 0 bridgehead atoms. The highest BCUT2D eigenvalue weighted by Gasteiger charge is 2.42. The van der Waals surface area contributed by atoms with Gasteiger partial charge >= 0.3 is 0 Å². The predicted octanol–water partition coefficient (Wildman–Crippen LogP) is 3.65. The molecule has 0 aliphatic carbocycles. The zero-order chi connectivity index (χ0) is 19.2. The Hall–Kier alpha value is -2.89. The second kappa shape index (κ2) is 6.37. The SMILES string of the molecule is Cc1c(-c2cc(C(=O)N3CC(c4ccccc4)C(C)(C)C3)no2)cnn1C. The van der Waals surface area contributed by atoms with Gasteiger partial charge in [0.2, 0.25) is 0 Å². The van der Waals surface area contributed by atoms with Crippen LogP contribution in [0.5, 0.6) is 0 Å². The summed E-state index contributed by atoms with van der Waals surface area (Å²) in [5.41, 5.74) is 3.44. The molecule has 27 heavy (non-hydrogen) atoms. The molecule has 6 nitrogen and oxygen atoms in total. The molecular weight excluding hydrogens is 340 g/mol. The number of nitrogens with zero attached hydrogens (tertiary/aromatic N) is 4. The largest absolute Gasteiger partial charge is 0.355 e. The van der Waals surface area contributed by atoms with Crippen molar-refractivity contribution in [3.05, 3.63) is 59.5 Å². The van der Waals surface area contributed by atoms with Crippen molar-refractivity contribution in [2.45, 2.75) is 26.7 Å². The van der Waals surface area contributed by atoms with Gasteiger partial charge in [-0.2, -0.15) is 5.10 Å². The van der Waals surface area contributed by atoms with Crippen LogP contribution in [-0.4, -0.2) is 38.8 Å². The van der Waals surface area contributed by atoms with Crippen LogP contribution >= 0.6 is 0 Å². The molecule has 1 atom stereocenters. The summed E-state index contributed by atoms with van der Waals surface area (Å²) >= 11 is 0. The van der Waals surface area contributed by atoms with Crippen molar-refractivity contribution in [2.75, 3.05) is 13.1 Å². The van der Waals surface area contributed by atoms with Crippen molar-refractivity contribution in [2.24, 2.45) is 12.5 Å². The Morgan fingerprint density at radius 3 is 2.67 bits per heavy atom. The second-order valence-electron chi connectivity index (χ2n) is 7.98. The summed E-state index contributed by atoms with van der Waals surface area (Å²) in [5.74, 6) is 0.787. The standard InChI is InChI=1S/C21H24N4O2/c1-14-16(11-22-24(14)4)19-10-18(23-27-19)20(26)25-12-17(21(2,3)13-25)15-8-6-5-7-9-15/h5-11,17H,12-13H2,1-4H3. The van der Waals surface area contributed by atoms with Gasteiger partial charge in [0, 0.05) is 37.8 Å². The van der Waals surface area contributed by atoms with Crippen LogP contribution in [0, 0.1) is 12.3 Å². The molecule has 1 fully saturated rings. The zero-order valence-electron chi connectivity index (χ0n) is 16.1. The van der Waals surface area contributed by atoms with Crippen molar-refractivity contribution in [1.82, 2.24) is 19.8 Å². The summed E-state index contributed by atoms with van der Waals surface area (Å²) in [6.45, 7) is 7.76. The molecule has 140 valence electrons.